The minimum Gasteiger partial charge on any atom is -0.452 e. The second-order valence-electron chi connectivity index (χ2n) is 6.49. The molecule has 0 atom stereocenters. The fourth-order valence-corrected chi connectivity index (χ4v) is 4.15. The number of carbonyl (C=O) groups excluding carboxylic acids is 2. The average molecular weight is 402 g/mol. The molecule has 2 aromatic carbocycles. The molecule has 3 rings (SSSR count). The first-order chi connectivity index (χ1) is 13.4. The number of anilines is 1. The summed E-state index contributed by atoms with van der Waals surface area (Å²) in [5.74, 6) is -1.13. The van der Waals surface area contributed by atoms with Gasteiger partial charge in [0.15, 0.2) is 6.61 Å². The predicted molar refractivity (Wildman–Crippen MR) is 105 cm³/mol. The van der Waals surface area contributed by atoms with E-state index in [0.29, 0.717) is 5.69 Å². The first-order valence-electron chi connectivity index (χ1n) is 9.07. The van der Waals surface area contributed by atoms with Crippen molar-refractivity contribution in [3.63, 3.8) is 0 Å². The monoisotopic (exact) mass is 402 g/mol. The fourth-order valence-electron chi connectivity index (χ4n) is 3.10. The third-order valence-electron chi connectivity index (χ3n) is 4.45. The van der Waals surface area contributed by atoms with Gasteiger partial charge in [-0.2, -0.15) is 0 Å². The Labute approximate surface area is 164 Å². The van der Waals surface area contributed by atoms with E-state index in [0.717, 1.165) is 19.3 Å². The highest BCUT2D eigenvalue weighted by molar-refractivity contribution is 7.89. The Morgan fingerprint density at radius 3 is 2.46 bits per heavy atom. The summed E-state index contributed by atoms with van der Waals surface area (Å²) in [4.78, 5) is 24.2. The normalized spacial score (nSPS) is 13.0. The Kier molecular flexibility index (Phi) is 6.11. The lowest BCUT2D eigenvalue weighted by Gasteiger charge is -2.09. The van der Waals surface area contributed by atoms with Gasteiger partial charge in [-0.15, -0.1) is 0 Å². The van der Waals surface area contributed by atoms with E-state index in [-0.39, 0.29) is 17.0 Å². The van der Waals surface area contributed by atoms with Gasteiger partial charge in [-0.25, -0.2) is 17.9 Å². The number of amides is 1. The molecule has 8 heteroatoms. The Morgan fingerprint density at radius 2 is 1.75 bits per heavy atom. The largest absolute Gasteiger partial charge is 0.452 e. The predicted octanol–water partition coefficient (Wildman–Crippen LogP) is 2.27. The number of benzene rings is 2. The maximum absolute atomic E-state index is 12.1. The smallest absolute Gasteiger partial charge is 0.338 e. The molecule has 0 spiro atoms. The zero-order valence-corrected chi connectivity index (χ0v) is 16.3. The lowest BCUT2D eigenvalue weighted by Crippen LogP contribution is -2.23. The van der Waals surface area contributed by atoms with Gasteiger partial charge in [0.2, 0.25) is 10.0 Å². The van der Waals surface area contributed by atoms with Crippen LogP contribution in [0.25, 0.3) is 0 Å². The van der Waals surface area contributed by atoms with Gasteiger partial charge in [0.05, 0.1) is 10.5 Å². The second-order valence-corrected chi connectivity index (χ2v) is 8.25. The van der Waals surface area contributed by atoms with Crippen LogP contribution in [0.2, 0.25) is 0 Å². The van der Waals surface area contributed by atoms with Crippen molar-refractivity contribution in [2.24, 2.45) is 0 Å². The molecule has 1 aliphatic rings. The molecular weight excluding hydrogens is 380 g/mol. The number of ether oxygens (including phenoxy) is 1. The SMILES string of the molecule is CCNS(=O)(=O)c1ccc(C(=O)OCC(=O)Nc2ccc3c(c2)CCC3)cc1. The summed E-state index contributed by atoms with van der Waals surface area (Å²) in [5, 5.41) is 2.72. The first kappa shape index (κ1) is 20.0. The summed E-state index contributed by atoms with van der Waals surface area (Å²) < 4.78 is 31.2. The number of nitrogens with one attached hydrogen (secondary N) is 2. The minimum atomic E-state index is -3.58. The van der Waals surface area contributed by atoms with E-state index in [1.54, 1.807) is 6.92 Å². The molecular formula is C20H22N2O5S. The first-order valence-corrected chi connectivity index (χ1v) is 10.6. The van der Waals surface area contributed by atoms with Gasteiger partial charge in [0, 0.05) is 12.2 Å². The van der Waals surface area contributed by atoms with Crippen molar-refractivity contribution in [3.05, 3.63) is 59.2 Å². The molecule has 0 aromatic heterocycles. The fraction of sp³-hybridized carbons (Fsp3) is 0.300. The zero-order valence-electron chi connectivity index (χ0n) is 15.5. The molecule has 1 amide bonds. The van der Waals surface area contributed by atoms with E-state index in [4.69, 9.17) is 4.74 Å². The lowest BCUT2D eigenvalue weighted by atomic mass is 10.1. The van der Waals surface area contributed by atoms with Crippen molar-refractivity contribution >= 4 is 27.6 Å². The van der Waals surface area contributed by atoms with Crippen molar-refractivity contribution in [3.8, 4) is 0 Å². The van der Waals surface area contributed by atoms with Gasteiger partial charge in [-0.3, -0.25) is 4.79 Å². The van der Waals surface area contributed by atoms with Crippen LogP contribution in [0.5, 0.6) is 0 Å². The van der Waals surface area contributed by atoms with Crippen LogP contribution in [0.15, 0.2) is 47.4 Å². The summed E-state index contributed by atoms with van der Waals surface area (Å²) in [6, 6.07) is 11.1. The Bertz CT molecular complexity index is 984. The number of esters is 1. The molecule has 1 aliphatic carbocycles. The van der Waals surface area contributed by atoms with Crippen LogP contribution in [0.4, 0.5) is 5.69 Å². The molecule has 7 nitrogen and oxygen atoms in total. The van der Waals surface area contributed by atoms with E-state index < -0.39 is 28.5 Å². The number of fused-ring (bicyclic) bond motifs is 1. The lowest BCUT2D eigenvalue weighted by molar-refractivity contribution is -0.119. The van der Waals surface area contributed by atoms with Crippen molar-refractivity contribution < 1.29 is 22.7 Å². The van der Waals surface area contributed by atoms with Crippen molar-refractivity contribution in [1.82, 2.24) is 4.72 Å². The molecule has 0 saturated heterocycles. The molecule has 0 saturated carbocycles. The molecule has 0 fully saturated rings. The number of hydrogen-bond donors (Lipinski definition) is 2. The number of aryl methyl sites for hydroxylation is 2. The van der Waals surface area contributed by atoms with Gasteiger partial charge in [0.25, 0.3) is 5.91 Å². The molecule has 2 N–H and O–H groups in total. The number of carbonyl (C=O) groups is 2. The minimum absolute atomic E-state index is 0.0558. The van der Waals surface area contributed by atoms with Crippen LogP contribution in [-0.2, 0) is 32.4 Å². The molecule has 0 bridgehead atoms. The summed E-state index contributed by atoms with van der Waals surface area (Å²) in [5.41, 5.74) is 3.40. The van der Waals surface area contributed by atoms with E-state index in [1.165, 1.54) is 35.4 Å². The number of sulfonamides is 1. The third-order valence-corrected chi connectivity index (χ3v) is 6.01. The Hall–Kier alpha value is -2.71. The van der Waals surface area contributed by atoms with Gasteiger partial charge in [0.1, 0.15) is 0 Å². The molecule has 28 heavy (non-hydrogen) atoms. The van der Waals surface area contributed by atoms with Crippen LogP contribution in [0.3, 0.4) is 0 Å². The van der Waals surface area contributed by atoms with Crippen molar-refractivity contribution in [2.75, 3.05) is 18.5 Å². The number of rotatable bonds is 7. The standard InChI is InChI=1S/C20H22N2O5S/c1-2-21-28(25,26)18-10-7-15(8-11-18)20(24)27-13-19(23)22-17-9-6-14-4-3-5-16(14)12-17/h6-12,21H,2-5,13H2,1H3,(H,22,23). The molecule has 0 heterocycles. The highest BCUT2D eigenvalue weighted by Crippen LogP contribution is 2.24. The maximum Gasteiger partial charge on any atom is 0.338 e. The van der Waals surface area contributed by atoms with E-state index >= 15 is 0 Å². The van der Waals surface area contributed by atoms with E-state index in [9.17, 15) is 18.0 Å². The van der Waals surface area contributed by atoms with E-state index in [2.05, 4.69) is 10.0 Å². The van der Waals surface area contributed by atoms with Crippen LogP contribution < -0.4 is 10.0 Å². The van der Waals surface area contributed by atoms with Crippen LogP contribution in [-0.4, -0.2) is 33.4 Å². The van der Waals surface area contributed by atoms with Crippen LogP contribution >= 0.6 is 0 Å². The second kappa shape index (κ2) is 8.53. The highest BCUT2D eigenvalue weighted by atomic mass is 32.2. The van der Waals surface area contributed by atoms with Crippen LogP contribution in [0.1, 0.15) is 34.8 Å². The van der Waals surface area contributed by atoms with Crippen molar-refractivity contribution in [2.45, 2.75) is 31.1 Å². The highest BCUT2D eigenvalue weighted by Gasteiger charge is 2.16. The van der Waals surface area contributed by atoms with Gasteiger partial charge >= 0.3 is 5.97 Å². The summed E-state index contributed by atoms with van der Waals surface area (Å²) >= 11 is 0. The molecule has 0 unspecified atom stereocenters. The Morgan fingerprint density at radius 1 is 1.04 bits per heavy atom. The Balaban J connectivity index is 1.54. The van der Waals surface area contributed by atoms with Crippen LogP contribution in [0, 0.1) is 0 Å². The average Bonchev–Trinajstić information content (AvgIpc) is 3.14. The maximum atomic E-state index is 12.1. The van der Waals surface area contributed by atoms with Crippen molar-refractivity contribution in [1.29, 1.82) is 0 Å². The summed E-state index contributed by atoms with van der Waals surface area (Å²) in [6.45, 7) is 1.52. The van der Waals surface area contributed by atoms with Gasteiger partial charge in [-0.1, -0.05) is 13.0 Å². The van der Waals surface area contributed by atoms with E-state index in [1.807, 2.05) is 18.2 Å². The molecule has 0 aliphatic heterocycles. The van der Waals surface area contributed by atoms with Gasteiger partial charge < -0.3 is 10.1 Å². The molecule has 0 radical (unpaired) electrons. The van der Waals surface area contributed by atoms with Gasteiger partial charge in [-0.05, 0) is 66.8 Å². The quantitative estimate of drug-likeness (QED) is 0.692. The molecule has 2 aromatic rings. The zero-order chi connectivity index (χ0) is 20.1. The number of hydrogen-bond acceptors (Lipinski definition) is 5. The molecule has 148 valence electrons. The third kappa shape index (κ3) is 4.76. The summed E-state index contributed by atoms with van der Waals surface area (Å²) in [7, 11) is -3.58. The topological polar surface area (TPSA) is 102 Å². The summed E-state index contributed by atoms with van der Waals surface area (Å²) in [6.07, 6.45) is 3.20.